The third-order valence-corrected chi connectivity index (χ3v) is 6.50. The standard InChI is InChI=1S/C27H26F4O2/c1-3-33-23-15-14-22(26(30)27(23)31)17-6-4-16(5-7-17)20-12-13-21(25(29)24(20)28)18-8-10-19(32-2)11-9-18/h8-17H,3-7H2,1-2H3. The van der Waals surface area contributed by atoms with Crippen LogP contribution in [0.25, 0.3) is 11.1 Å². The second-order valence-electron chi connectivity index (χ2n) is 8.32. The van der Waals surface area contributed by atoms with Gasteiger partial charge in [0.1, 0.15) is 5.75 Å². The van der Waals surface area contributed by atoms with Crippen molar-refractivity contribution in [3.63, 3.8) is 0 Å². The lowest BCUT2D eigenvalue weighted by molar-refractivity contribution is 0.310. The predicted octanol–water partition coefficient (Wildman–Crippen LogP) is 7.76. The van der Waals surface area contributed by atoms with Crippen LogP contribution in [-0.4, -0.2) is 13.7 Å². The van der Waals surface area contributed by atoms with Gasteiger partial charge in [0.05, 0.1) is 13.7 Å². The minimum absolute atomic E-state index is 0.0954. The molecule has 3 aromatic rings. The molecule has 0 spiro atoms. The zero-order valence-corrected chi connectivity index (χ0v) is 18.6. The van der Waals surface area contributed by atoms with Crippen molar-refractivity contribution in [3.8, 4) is 22.6 Å². The Hall–Kier alpha value is -3.02. The van der Waals surface area contributed by atoms with Crippen molar-refractivity contribution >= 4 is 0 Å². The molecule has 0 unspecified atom stereocenters. The van der Waals surface area contributed by atoms with Gasteiger partial charge in [-0.3, -0.25) is 0 Å². The van der Waals surface area contributed by atoms with E-state index in [1.54, 1.807) is 56.5 Å². The van der Waals surface area contributed by atoms with E-state index < -0.39 is 23.3 Å². The topological polar surface area (TPSA) is 18.5 Å². The van der Waals surface area contributed by atoms with Gasteiger partial charge in [-0.2, -0.15) is 4.39 Å². The molecule has 0 N–H and O–H groups in total. The van der Waals surface area contributed by atoms with Gasteiger partial charge in [-0.05, 0) is 79.3 Å². The first-order chi connectivity index (χ1) is 15.9. The van der Waals surface area contributed by atoms with Crippen molar-refractivity contribution in [2.75, 3.05) is 13.7 Å². The maximum atomic E-state index is 15.0. The van der Waals surface area contributed by atoms with Gasteiger partial charge in [0.15, 0.2) is 23.2 Å². The average Bonchev–Trinajstić information content (AvgIpc) is 2.84. The largest absolute Gasteiger partial charge is 0.497 e. The first-order valence-corrected chi connectivity index (χ1v) is 11.2. The van der Waals surface area contributed by atoms with Crippen LogP contribution in [0.5, 0.6) is 11.5 Å². The number of halogens is 4. The number of rotatable bonds is 6. The second-order valence-corrected chi connectivity index (χ2v) is 8.32. The van der Waals surface area contributed by atoms with Crippen LogP contribution in [0.1, 0.15) is 55.6 Å². The quantitative estimate of drug-likeness (QED) is 0.352. The second kappa shape index (κ2) is 9.86. The lowest BCUT2D eigenvalue weighted by Crippen LogP contribution is -2.15. The van der Waals surface area contributed by atoms with Gasteiger partial charge in [0.25, 0.3) is 0 Å². The summed E-state index contributed by atoms with van der Waals surface area (Å²) >= 11 is 0. The molecule has 4 rings (SSSR count). The Bertz CT molecular complexity index is 1120. The molecule has 0 atom stereocenters. The van der Waals surface area contributed by atoms with Gasteiger partial charge in [0, 0.05) is 5.56 Å². The van der Waals surface area contributed by atoms with Crippen LogP contribution in [0.2, 0.25) is 0 Å². The summed E-state index contributed by atoms with van der Waals surface area (Å²) in [6.45, 7) is 1.96. The van der Waals surface area contributed by atoms with Gasteiger partial charge in [-0.1, -0.05) is 30.3 Å². The molecule has 0 saturated heterocycles. The minimum Gasteiger partial charge on any atom is -0.497 e. The predicted molar refractivity (Wildman–Crippen MR) is 120 cm³/mol. The molecule has 2 nitrogen and oxygen atoms in total. The number of methoxy groups -OCH3 is 1. The van der Waals surface area contributed by atoms with Crippen LogP contribution in [-0.2, 0) is 0 Å². The normalized spacial score (nSPS) is 18.2. The van der Waals surface area contributed by atoms with Crippen molar-refractivity contribution in [1.29, 1.82) is 0 Å². The van der Waals surface area contributed by atoms with Gasteiger partial charge < -0.3 is 9.47 Å². The molecule has 0 aromatic heterocycles. The summed E-state index contributed by atoms with van der Waals surface area (Å²) in [7, 11) is 1.54. The summed E-state index contributed by atoms with van der Waals surface area (Å²) in [5, 5.41) is 0. The van der Waals surface area contributed by atoms with Crippen molar-refractivity contribution < 1.29 is 27.0 Å². The van der Waals surface area contributed by atoms with Crippen LogP contribution in [0.15, 0.2) is 48.5 Å². The van der Waals surface area contributed by atoms with Gasteiger partial charge in [-0.15, -0.1) is 0 Å². The van der Waals surface area contributed by atoms with E-state index in [2.05, 4.69) is 0 Å². The highest BCUT2D eigenvalue weighted by Gasteiger charge is 2.29. The van der Waals surface area contributed by atoms with E-state index >= 15 is 4.39 Å². The molecule has 33 heavy (non-hydrogen) atoms. The first-order valence-electron chi connectivity index (χ1n) is 11.2. The lowest BCUT2D eigenvalue weighted by Gasteiger charge is -2.30. The van der Waals surface area contributed by atoms with E-state index in [0.29, 0.717) is 48.1 Å². The van der Waals surface area contributed by atoms with E-state index in [4.69, 9.17) is 9.47 Å². The summed E-state index contributed by atoms with van der Waals surface area (Å²) in [6, 6.07) is 13.0. The molecule has 1 aliphatic carbocycles. The van der Waals surface area contributed by atoms with Gasteiger partial charge >= 0.3 is 0 Å². The van der Waals surface area contributed by atoms with E-state index in [-0.39, 0.29) is 29.8 Å². The highest BCUT2D eigenvalue weighted by Crippen LogP contribution is 2.43. The molecular formula is C27H26F4O2. The zero-order chi connectivity index (χ0) is 23.5. The summed E-state index contributed by atoms with van der Waals surface area (Å²) in [6.07, 6.45) is 2.26. The van der Waals surface area contributed by atoms with E-state index in [1.807, 2.05) is 0 Å². The molecule has 1 saturated carbocycles. The highest BCUT2D eigenvalue weighted by atomic mass is 19.2. The van der Waals surface area contributed by atoms with E-state index in [1.165, 1.54) is 6.07 Å². The van der Waals surface area contributed by atoms with Crippen LogP contribution >= 0.6 is 0 Å². The zero-order valence-electron chi connectivity index (χ0n) is 18.6. The molecule has 6 heteroatoms. The molecule has 0 heterocycles. The van der Waals surface area contributed by atoms with Crippen molar-refractivity contribution in [1.82, 2.24) is 0 Å². The molecule has 0 bridgehead atoms. The molecule has 1 fully saturated rings. The van der Waals surface area contributed by atoms with Crippen molar-refractivity contribution in [2.45, 2.75) is 44.4 Å². The summed E-state index contributed by atoms with van der Waals surface area (Å²) in [5.74, 6) is -3.37. The smallest absolute Gasteiger partial charge is 0.200 e. The molecular weight excluding hydrogens is 432 g/mol. The maximum absolute atomic E-state index is 15.0. The van der Waals surface area contributed by atoms with Crippen molar-refractivity contribution in [3.05, 3.63) is 82.9 Å². The van der Waals surface area contributed by atoms with Crippen molar-refractivity contribution in [2.24, 2.45) is 0 Å². The molecule has 0 amide bonds. The lowest BCUT2D eigenvalue weighted by atomic mass is 9.75. The summed E-state index contributed by atoms with van der Waals surface area (Å²) in [4.78, 5) is 0. The van der Waals surface area contributed by atoms with E-state index in [9.17, 15) is 13.2 Å². The Balaban J connectivity index is 1.50. The maximum Gasteiger partial charge on any atom is 0.200 e. The summed E-state index contributed by atoms with van der Waals surface area (Å²) < 4.78 is 69.0. The highest BCUT2D eigenvalue weighted by molar-refractivity contribution is 5.65. The molecule has 3 aromatic carbocycles. The number of benzene rings is 3. The van der Waals surface area contributed by atoms with Crippen LogP contribution in [0.3, 0.4) is 0 Å². The Morgan fingerprint density at radius 2 is 1.24 bits per heavy atom. The third kappa shape index (κ3) is 4.56. The summed E-state index contributed by atoms with van der Waals surface area (Å²) in [5.41, 5.74) is 1.41. The fourth-order valence-electron chi connectivity index (χ4n) is 4.72. The monoisotopic (exact) mass is 458 g/mol. The molecule has 0 aliphatic heterocycles. The molecule has 0 radical (unpaired) electrons. The Labute approximate surface area is 191 Å². The Morgan fingerprint density at radius 1 is 0.697 bits per heavy atom. The molecule has 174 valence electrons. The first kappa shape index (κ1) is 23.1. The third-order valence-electron chi connectivity index (χ3n) is 6.50. The number of hydrogen-bond donors (Lipinski definition) is 0. The Kier molecular flexibility index (Phi) is 6.91. The fourth-order valence-corrected chi connectivity index (χ4v) is 4.72. The van der Waals surface area contributed by atoms with Crippen LogP contribution < -0.4 is 9.47 Å². The van der Waals surface area contributed by atoms with Crippen LogP contribution in [0.4, 0.5) is 17.6 Å². The fraction of sp³-hybridized carbons (Fsp3) is 0.333. The average molecular weight is 458 g/mol. The van der Waals surface area contributed by atoms with Gasteiger partial charge in [0.2, 0.25) is 5.82 Å². The molecule has 1 aliphatic rings. The van der Waals surface area contributed by atoms with Crippen LogP contribution in [0, 0.1) is 23.3 Å². The number of hydrogen-bond acceptors (Lipinski definition) is 2. The van der Waals surface area contributed by atoms with Gasteiger partial charge in [-0.25, -0.2) is 13.2 Å². The van der Waals surface area contributed by atoms with E-state index in [0.717, 1.165) is 0 Å². The Morgan fingerprint density at radius 3 is 1.79 bits per heavy atom. The minimum atomic E-state index is -0.973. The SMILES string of the molecule is CCOc1ccc(C2CCC(c3ccc(-c4ccc(OC)cc4)c(F)c3F)CC2)c(F)c1F. The number of ether oxygens (including phenoxy) is 2.